The Morgan fingerprint density at radius 1 is 1.20 bits per heavy atom. The first-order valence-electron chi connectivity index (χ1n) is 6.59. The van der Waals surface area contributed by atoms with E-state index in [4.69, 9.17) is 0 Å². The number of likely N-dealkylation sites (tertiary alicyclic amines) is 1. The van der Waals surface area contributed by atoms with Crippen LogP contribution in [0.2, 0.25) is 0 Å². The quantitative estimate of drug-likeness (QED) is 0.700. The van der Waals surface area contributed by atoms with Crippen LogP contribution in [0.5, 0.6) is 0 Å². The predicted molar refractivity (Wildman–Crippen MR) is 61.6 cm³/mol. The Morgan fingerprint density at radius 3 is 2.33 bits per heavy atom. The number of nitrogens with zero attached hydrogens (tertiary/aromatic N) is 1. The van der Waals surface area contributed by atoms with Crippen LogP contribution in [0.1, 0.15) is 51.9 Å². The van der Waals surface area contributed by atoms with E-state index in [1.54, 1.807) is 0 Å². The van der Waals surface area contributed by atoms with Crippen LogP contribution in [-0.2, 0) is 4.79 Å². The monoisotopic (exact) mass is 209 g/mol. The molecule has 2 heteroatoms. The van der Waals surface area contributed by atoms with Crippen molar-refractivity contribution in [2.24, 2.45) is 11.8 Å². The van der Waals surface area contributed by atoms with Gasteiger partial charge in [-0.1, -0.05) is 26.2 Å². The van der Waals surface area contributed by atoms with Crippen molar-refractivity contribution in [3.63, 3.8) is 0 Å². The zero-order valence-electron chi connectivity index (χ0n) is 9.87. The van der Waals surface area contributed by atoms with Crippen molar-refractivity contribution >= 4 is 5.91 Å². The van der Waals surface area contributed by atoms with E-state index >= 15 is 0 Å². The van der Waals surface area contributed by atoms with Crippen molar-refractivity contribution in [1.29, 1.82) is 0 Å². The summed E-state index contributed by atoms with van der Waals surface area (Å²) in [4.78, 5) is 14.0. The van der Waals surface area contributed by atoms with Crippen LogP contribution in [0, 0.1) is 11.8 Å². The molecule has 0 spiro atoms. The molecule has 0 aromatic carbocycles. The van der Waals surface area contributed by atoms with Crippen LogP contribution in [0.25, 0.3) is 0 Å². The minimum absolute atomic E-state index is 0.409. The first-order valence-corrected chi connectivity index (χ1v) is 6.59. The molecule has 1 aliphatic carbocycles. The highest BCUT2D eigenvalue weighted by atomic mass is 16.2. The van der Waals surface area contributed by atoms with Gasteiger partial charge in [0.1, 0.15) is 0 Å². The molecule has 2 fully saturated rings. The molecule has 1 saturated heterocycles. The summed E-state index contributed by atoms with van der Waals surface area (Å²) in [5.74, 6) is 2.08. The Balaban J connectivity index is 1.82. The molecule has 2 aliphatic rings. The van der Waals surface area contributed by atoms with Gasteiger partial charge in [-0.15, -0.1) is 0 Å². The van der Waals surface area contributed by atoms with Gasteiger partial charge in [0.25, 0.3) is 0 Å². The van der Waals surface area contributed by atoms with Gasteiger partial charge in [0.2, 0.25) is 5.91 Å². The Kier molecular flexibility index (Phi) is 3.66. The van der Waals surface area contributed by atoms with Gasteiger partial charge in [-0.2, -0.15) is 0 Å². The summed E-state index contributed by atoms with van der Waals surface area (Å²) in [6.45, 7) is 4.28. The zero-order valence-corrected chi connectivity index (χ0v) is 9.87. The molecule has 2 rings (SSSR count). The molecule has 1 amide bonds. The molecule has 0 aromatic heterocycles. The molecular weight excluding hydrogens is 186 g/mol. The standard InChI is InChI=1S/C13H23NO/c1-2-3-8-13(15)14-9-11-6-4-5-7-12(11)10-14/h11-12H,2-10H2,1H3. The van der Waals surface area contributed by atoms with Crippen molar-refractivity contribution < 1.29 is 4.79 Å². The number of unbranched alkanes of at least 4 members (excludes halogenated alkanes) is 1. The van der Waals surface area contributed by atoms with Gasteiger partial charge in [0.05, 0.1) is 0 Å². The van der Waals surface area contributed by atoms with E-state index in [0.29, 0.717) is 5.91 Å². The molecule has 0 N–H and O–H groups in total. The van der Waals surface area contributed by atoms with Crippen LogP contribution in [0.3, 0.4) is 0 Å². The van der Waals surface area contributed by atoms with Crippen molar-refractivity contribution in [2.75, 3.05) is 13.1 Å². The van der Waals surface area contributed by atoms with Gasteiger partial charge >= 0.3 is 0 Å². The fraction of sp³-hybridized carbons (Fsp3) is 0.923. The number of hydrogen-bond donors (Lipinski definition) is 0. The average molecular weight is 209 g/mol. The lowest BCUT2D eigenvalue weighted by Crippen LogP contribution is -2.28. The Bertz CT molecular complexity index is 213. The molecule has 2 atom stereocenters. The normalized spacial score (nSPS) is 30.3. The second kappa shape index (κ2) is 5.00. The van der Waals surface area contributed by atoms with Crippen LogP contribution in [0.4, 0.5) is 0 Å². The van der Waals surface area contributed by atoms with Crippen LogP contribution < -0.4 is 0 Å². The smallest absolute Gasteiger partial charge is 0.222 e. The highest BCUT2D eigenvalue weighted by Gasteiger charge is 2.35. The minimum Gasteiger partial charge on any atom is -0.342 e. The molecule has 1 saturated carbocycles. The molecular formula is C13H23NO. The maximum atomic E-state index is 11.9. The maximum Gasteiger partial charge on any atom is 0.222 e. The number of amides is 1. The minimum atomic E-state index is 0.409. The van der Waals surface area contributed by atoms with Crippen LogP contribution >= 0.6 is 0 Å². The zero-order chi connectivity index (χ0) is 10.7. The second-order valence-electron chi connectivity index (χ2n) is 5.21. The SMILES string of the molecule is CCCCC(=O)N1CC2CCCCC2C1. The molecule has 0 bridgehead atoms. The lowest BCUT2D eigenvalue weighted by molar-refractivity contribution is -0.130. The van der Waals surface area contributed by atoms with E-state index < -0.39 is 0 Å². The molecule has 86 valence electrons. The fourth-order valence-corrected chi connectivity index (χ4v) is 3.10. The van der Waals surface area contributed by atoms with E-state index in [9.17, 15) is 4.79 Å². The van der Waals surface area contributed by atoms with Gasteiger partial charge in [-0.05, 0) is 31.1 Å². The topological polar surface area (TPSA) is 20.3 Å². The highest BCUT2D eigenvalue weighted by Crippen LogP contribution is 2.36. The van der Waals surface area contributed by atoms with E-state index in [1.807, 2.05) is 0 Å². The second-order valence-corrected chi connectivity index (χ2v) is 5.21. The lowest BCUT2D eigenvalue weighted by atomic mass is 9.82. The Morgan fingerprint density at radius 2 is 1.80 bits per heavy atom. The average Bonchev–Trinajstić information content (AvgIpc) is 2.69. The summed E-state index contributed by atoms with van der Waals surface area (Å²) >= 11 is 0. The number of hydrogen-bond acceptors (Lipinski definition) is 1. The summed E-state index contributed by atoms with van der Waals surface area (Å²) in [6, 6.07) is 0. The first-order chi connectivity index (χ1) is 7.31. The maximum absolute atomic E-state index is 11.9. The largest absolute Gasteiger partial charge is 0.342 e. The van der Waals surface area contributed by atoms with Gasteiger partial charge in [-0.25, -0.2) is 0 Å². The van der Waals surface area contributed by atoms with E-state index in [1.165, 1.54) is 25.7 Å². The lowest BCUT2D eigenvalue weighted by Gasteiger charge is -2.22. The highest BCUT2D eigenvalue weighted by molar-refractivity contribution is 5.76. The molecule has 2 nitrogen and oxygen atoms in total. The molecule has 0 radical (unpaired) electrons. The molecule has 2 unspecified atom stereocenters. The fourth-order valence-electron chi connectivity index (χ4n) is 3.10. The third kappa shape index (κ3) is 2.53. The van der Waals surface area contributed by atoms with E-state index in [0.717, 1.165) is 44.2 Å². The summed E-state index contributed by atoms with van der Waals surface area (Å²) < 4.78 is 0. The van der Waals surface area contributed by atoms with Crippen LogP contribution in [-0.4, -0.2) is 23.9 Å². The van der Waals surface area contributed by atoms with Crippen molar-refractivity contribution in [2.45, 2.75) is 51.9 Å². The van der Waals surface area contributed by atoms with Crippen molar-refractivity contribution in [3.05, 3.63) is 0 Å². The molecule has 1 aliphatic heterocycles. The predicted octanol–water partition coefficient (Wildman–Crippen LogP) is 2.83. The van der Waals surface area contributed by atoms with Gasteiger partial charge < -0.3 is 4.90 Å². The third-order valence-electron chi connectivity index (χ3n) is 4.07. The number of rotatable bonds is 3. The van der Waals surface area contributed by atoms with E-state index in [-0.39, 0.29) is 0 Å². The van der Waals surface area contributed by atoms with Gasteiger partial charge in [-0.3, -0.25) is 4.79 Å². The summed E-state index contributed by atoms with van der Waals surface area (Å²) in [5, 5.41) is 0. The summed E-state index contributed by atoms with van der Waals surface area (Å²) in [5.41, 5.74) is 0. The Hall–Kier alpha value is -0.530. The van der Waals surface area contributed by atoms with Gasteiger partial charge in [0.15, 0.2) is 0 Å². The molecule has 0 aromatic rings. The number of carbonyl (C=O) groups excluding carboxylic acids is 1. The van der Waals surface area contributed by atoms with Crippen molar-refractivity contribution in [1.82, 2.24) is 4.90 Å². The number of carbonyl (C=O) groups is 1. The van der Waals surface area contributed by atoms with E-state index in [2.05, 4.69) is 11.8 Å². The summed E-state index contributed by atoms with van der Waals surface area (Å²) in [7, 11) is 0. The third-order valence-corrected chi connectivity index (χ3v) is 4.07. The van der Waals surface area contributed by atoms with Crippen molar-refractivity contribution in [3.8, 4) is 0 Å². The van der Waals surface area contributed by atoms with Gasteiger partial charge in [0, 0.05) is 19.5 Å². The number of fused-ring (bicyclic) bond motifs is 1. The first kappa shape index (κ1) is 11.0. The molecule has 1 heterocycles. The Labute approximate surface area is 93.0 Å². The summed E-state index contributed by atoms with van der Waals surface area (Å²) in [6.07, 6.45) is 8.47. The van der Waals surface area contributed by atoms with Crippen LogP contribution in [0.15, 0.2) is 0 Å². The molecule has 15 heavy (non-hydrogen) atoms.